The van der Waals surface area contributed by atoms with Gasteiger partial charge in [0.1, 0.15) is 0 Å². The quantitative estimate of drug-likeness (QED) is 0.815. The molecule has 0 amide bonds. The van der Waals surface area contributed by atoms with Crippen LogP contribution in [0.25, 0.3) is 0 Å². The van der Waals surface area contributed by atoms with Crippen molar-refractivity contribution in [1.29, 1.82) is 0 Å². The van der Waals surface area contributed by atoms with Crippen molar-refractivity contribution in [3.05, 3.63) is 51.4 Å². The van der Waals surface area contributed by atoms with Gasteiger partial charge in [-0.05, 0) is 59.7 Å². The standard InChI is InChI=1S/C15H19IN2O/c1-3-11(2)18-9-8-14(17-18)10-15(19)12-4-6-13(16)7-5-12/h4-9,11,15,19H,3,10H2,1-2H3. The molecule has 0 radical (unpaired) electrons. The molecule has 0 fully saturated rings. The smallest absolute Gasteiger partial charge is 0.0846 e. The van der Waals surface area contributed by atoms with Crippen molar-refractivity contribution in [1.82, 2.24) is 9.78 Å². The molecule has 1 N–H and O–H groups in total. The maximum Gasteiger partial charge on any atom is 0.0846 e. The molecule has 0 saturated carbocycles. The van der Waals surface area contributed by atoms with Crippen LogP contribution in [0, 0.1) is 3.57 Å². The molecule has 1 aromatic carbocycles. The molecule has 0 aliphatic rings. The van der Waals surface area contributed by atoms with Gasteiger partial charge in [0.2, 0.25) is 0 Å². The monoisotopic (exact) mass is 370 g/mol. The summed E-state index contributed by atoms with van der Waals surface area (Å²) in [5.74, 6) is 0. The predicted octanol–water partition coefficient (Wildman–Crippen LogP) is 3.73. The Balaban J connectivity index is 2.04. The lowest BCUT2D eigenvalue weighted by molar-refractivity contribution is 0.177. The number of hydrogen-bond acceptors (Lipinski definition) is 2. The van der Waals surface area contributed by atoms with Gasteiger partial charge >= 0.3 is 0 Å². The number of nitrogens with zero attached hydrogens (tertiary/aromatic N) is 2. The van der Waals surface area contributed by atoms with E-state index in [0.29, 0.717) is 12.5 Å². The van der Waals surface area contributed by atoms with Crippen LogP contribution in [0.1, 0.15) is 43.7 Å². The van der Waals surface area contributed by atoms with Crippen molar-refractivity contribution in [3.63, 3.8) is 0 Å². The number of benzene rings is 1. The van der Waals surface area contributed by atoms with E-state index >= 15 is 0 Å². The molecule has 1 aromatic heterocycles. The third kappa shape index (κ3) is 3.79. The van der Waals surface area contributed by atoms with Gasteiger partial charge in [0.25, 0.3) is 0 Å². The summed E-state index contributed by atoms with van der Waals surface area (Å²) in [6.45, 7) is 4.29. The molecule has 2 aromatic rings. The largest absolute Gasteiger partial charge is 0.388 e. The fourth-order valence-electron chi connectivity index (χ4n) is 1.92. The SMILES string of the molecule is CCC(C)n1ccc(CC(O)c2ccc(I)cc2)n1. The highest BCUT2D eigenvalue weighted by atomic mass is 127. The van der Waals surface area contributed by atoms with Crippen LogP contribution in [0.5, 0.6) is 0 Å². The van der Waals surface area contributed by atoms with Crippen molar-refractivity contribution >= 4 is 22.6 Å². The van der Waals surface area contributed by atoms with Crippen molar-refractivity contribution in [2.45, 2.75) is 38.8 Å². The summed E-state index contributed by atoms with van der Waals surface area (Å²) in [5.41, 5.74) is 1.88. The lowest BCUT2D eigenvalue weighted by atomic mass is 10.1. The zero-order valence-corrected chi connectivity index (χ0v) is 13.4. The molecule has 2 atom stereocenters. The van der Waals surface area contributed by atoms with Gasteiger partial charge in [-0.1, -0.05) is 19.1 Å². The average Bonchev–Trinajstić information content (AvgIpc) is 2.87. The van der Waals surface area contributed by atoms with Crippen LogP contribution in [0.15, 0.2) is 36.5 Å². The zero-order valence-electron chi connectivity index (χ0n) is 11.3. The normalized spacial score (nSPS) is 14.3. The van der Waals surface area contributed by atoms with Crippen LogP contribution in [0.2, 0.25) is 0 Å². The fraction of sp³-hybridized carbons (Fsp3) is 0.400. The molecule has 102 valence electrons. The predicted molar refractivity (Wildman–Crippen MR) is 85.1 cm³/mol. The van der Waals surface area contributed by atoms with Gasteiger partial charge in [-0.15, -0.1) is 0 Å². The average molecular weight is 370 g/mol. The Bertz CT molecular complexity index is 521. The van der Waals surface area contributed by atoms with E-state index in [1.54, 1.807) is 0 Å². The number of aromatic nitrogens is 2. The van der Waals surface area contributed by atoms with Crippen molar-refractivity contribution in [2.24, 2.45) is 0 Å². The number of aliphatic hydroxyl groups excluding tert-OH is 1. The number of aliphatic hydroxyl groups is 1. The number of rotatable bonds is 5. The Kier molecular flexibility index (Phi) is 4.99. The van der Waals surface area contributed by atoms with Gasteiger partial charge in [-0.3, -0.25) is 4.68 Å². The highest BCUT2D eigenvalue weighted by Gasteiger charge is 2.11. The maximum absolute atomic E-state index is 10.2. The fourth-order valence-corrected chi connectivity index (χ4v) is 2.28. The molecule has 0 aliphatic heterocycles. The molecule has 19 heavy (non-hydrogen) atoms. The van der Waals surface area contributed by atoms with E-state index in [1.165, 1.54) is 3.57 Å². The van der Waals surface area contributed by atoms with E-state index in [-0.39, 0.29) is 0 Å². The summed E-state index contributed by atoms with van der Waals surface area (Å²) in [5, 5.41) is 14.7. The Morgan fingerprint density at radius 2 is 1.95 bits per heavy atom. The van der Waals surface area contributed by atoms with Gasteiger partial charge in [-0.25, -0.2) is 0 Å². The van der Waals surface area contributed by atoms with E-state index in [1.807, 2.05) is 41.2 Å². The molecule has 4 heteroatoms. The van der Waals surface area contributed by atoms with Crippen molar-refractivity contribution in [3.8, 4) is 0 Å². The third-order valence-corrected chi connectivity index (χ3v) is 4.08. The first-order chi connectivity index (χ1) is 9.10. The molecule has 0 saturated heterocycles. The van der Waals surface area contributed by atoms with Crippen LogP contribution in [-0.2, 0) is 6.42 Å². The van der Waals surface area contributed by atoms with Gasteiger partial charge in [0.05, 0.1) is 11.8 Å². The summed E-state index contributed by atoms with van der Waals surface area (Å²) in [6, 6.07) is 10.4. The molecule has 2 unspecified atom stereocenters. The van der Waals surface area contributed by atoms with E-state index < -0.39 is 6.10 Å². The Morgan fingerprint density at radius 3 is 2.58 bits per heavy atom. The van der Waals surface area contributed by atoms with Crippen molar-refractivity contribution in [2.75, 3.05) is 0 Å². The minimum atomic E-state index is -0.489. The lowest BCUT2D eigenvalue weighted by Gasteiger charge is -2.10. The Morgan fingerprint density at radius 1 is 1.26 bits per heavy atom. The zero-order chi connectivity index (χ0) is 13.8. The highest BCUT2D eigenvalue weighted by molar-refractivity contribution is 14.1. The van der Waals surface area contributed by atoms with Crippen molar-refractivity contribution < 1.29 is 5.11 Å². The van der Waals surface area contributed by atoms with Crippen LogP contribution < -0.4 is 0 Å². The summed E-state index contributed by atoms with van der Waals surface area (Å²) in [4.78, 5) is 0. The second-order valence-electron chi connectivity index (χ2n) is 4.82. The molecule has 1 heterocycles. The summed E-state index contributed by atoms with van der Waals surface area (Å²) >= 11 is 2.26. The molecule has 0 bridgehead atoms. The van der Waals surface area contributed by atoms with Crippen LogP contribution in [0.3, 0.4) is 0 Å². The van der Waals surface area contributed by atoms with Crippen LogP contribution in [0.4, 0.5) is 0 Å². The second kappa shape index (κ2) is 6.52. The second-order valence-corrected chi connectivity index (χ2v) is 6.06. The Hall–Kier alpha value is -0.880. The lowest BCUT2D eigenvalue weighted by Crippen LogP contribution is -2.07. The molecule has 0 spiro atoms. The van der Waals surface area contributed by atoms with Crippen LogP contribution >= 0.6 is 22.6 Å². The summed E-state index contributed by atoms with van der Waals surface area (Å²) < 4.78 is 3.14. The minimum absolute atomic E-state index is 0.407. The maximum atomic E-state index is 10.2. The number of halogens is 1. The first-order valence-corrected chi connectivity index (χ1v) is 7.65. The van der Waals surface area contributed by atoms with Gasteiger partial charge in [0.15, 0.2) is 0 Å². The molecule has 2 rings (SSSR count). The van der Waals surface area contributed by atoms with E-state index in [2.05, 4.69) is 41.5 Å². The highest BCUT2D eigenvalue weighted by Crippen LogP contribution is 2.19. The van der Waals surface area contributed by atoms with Gasteiger partial charge in [0, 0.05) is 22.2 Å². The number of hydrogen-bond donors (Lipinski definition) is 1. The van der Waals surface area contributed by atoms with E-state index in [4.69, 9.17) is 0 Å². The van der Waals surface area contributed by atoms with Gasteiger partial charge < -0.3 is 5.11 Å². The first-order valence-electron chi connectivity index (χ1n) is 6.57. The minimum Gasteiger partial charge on any atom is -0.388 e. The molecule has 0 aliphatic carbocycles. The Labute approximate surface area is 127 Å². The summed E-state index contributed by atoms with van der Waals surface area (Å²) in [6.07, 6.45) is 3.12. The van der Waals surface area contributed by atoms with Gasteiger partial charge in [-0.2, -0.15) is 5.10 Å². The van der Waals surface area contributed by atoms with Crippen LogP contribution in [-0.4, -0.2) is 14.9 Å². The molecular formula is C15H19IN2O. The summed E-state index contributed by atoms with van der Waals surface area (Å²) in [7, 11) is 0. The van der Waals surface area contributed by atoms with E-state index in [0.717, 1.165) is 17.7 Å². The topological polar surface area (TPSA) is 38.0 Å². The van der Waals surface area contributed by atoms with E-state index in [9.17, 15) is 5.11 Å². The first kappa shape index (κ1) is 14.5. The third-order valence-electron chi connectivity index (χ3n) is 3.36. The molecular weight excluding hydrogens is 351 g/mol. The molecule has 3 nitrogen and oxygen atoms in total.